The van der Waals surface area contributed by atoms with Gasteiger partial charge in [0.15, 0.2) is 0 Å². The van der Waals surface area contributed by atoms with Crippen LogP contribution in [-0.4, -0.2) is 28.2 Å². The molecular weight excluding hydrogens is 252 g/mol. The average Bonchev–Trinajstić information content (AvgIpc) is 2.44. The van der Waals surface area contributed by atoms with Gasteiger partial charge in [-0.25, -0.2) is 0 Å². The first kappa shape index (κ1) is 19.1. The van der Waals surface area contributed by atoms with Gasteiger partial charge in [0.05, 0.1) is 12.2 Å². The highest BCUT2D eigenvalue weighted by molar-refractivity contribution is 5.79. The highest BCUT2D eigenvalue weighted by Crippen LogP contribution is 2.23. The van der Waals surface area contributed by atoms with Gasteiger partial charge < -0.3 is 10.2 Å². The summed E-state index contributed by atoms with van der Waals surface area (Å²) in [5.41, 5.74) is 0. The Morgan fingerprint density at radius 1 is 0.950 bits per heavy atom. The van der Waals surface area contributed by atoms with Crippen molar-refractivity contribution in [1.29, 1.82) is 0 Å². The predicted molar refractivity (Wildman–Crippen MR) is 83.4 cm³/mol. The Labute approximate surface area is 123 Å². The fraction of sp³-hybridized carbons (Fsp3) is 0.706. The van der Waals surface area contributed by atoms with E-state index in [4.69, 9.17) is 0 Å². The maximum atomic E-state index is 12.2. The summed E-state index contributed by atoms with van der Waals surface area (Å²) < 4.78 is 0. The second-order valence-corrected chi connectivity index (χ2v) is 5.50. The summed E-state index contributed by atoms with van der Waals surface area (Å²) in [6.45, 7) is 11.2. The third kappa shape index (κ3) is 7.01. The van der Waals surface area contributed by atoms with Gasteiger partial charge in [-0.15, -0.1) is 13.2 Å². The molecule has 0 amide bonds. The van der Waals surface area contributed by atoms with E-state index in [1.807, 2.05) is 13.8 Å². The molecular formula is C17H30O3. The molecule has 0 aromatic rings. The lowest BCUT2D eigenvalue weighted by atomic mass is 9.86. The van der Waals surface area contributed by atoms with Crippen LogP contribution in [0.4, 0.5) is 0 Å². The predicted octanol–water partition coefficient (Wildman–Crippen LogP) is 3.26. The monoisotopic (exact) mass is 282 g/mol. The zero-order valence-corrected chi connectivity index (χ0v) is 12.9. The molecule has 2 N–H and O–H groups in total. The minimum Gasteiger partial charge on any atom is -0.389 e. The molecule has 0 aliphatic rings. The minimum absolute atomic E-state index is 0.0619. The summed E-state index contributed by atoms with van der Waals surface area (Å²) in [5.74, 6) is -0.0231. The van der Waals surface area contributed by atoms with Gasteiger partial charge in [-0.3, -0.25) is 4.79 Å². The summed E-state index contributed by atoms with van der Waals surface area (Å²) in [4.78, 5) is 12.2. The first-order valence-corrected chi connectivity index (χ1v) is 7.62. The molecule has 0 bridgehead atoms. The van der Waals surface area contributed by atoms with Crippen LogP contribution in [0.25, 0.3) is 0 Å². The Balaban J connectivity index is 4.54. The third-order valence-electron chi connectivity index (χ3n) is 3.75. The SMILES string of the molecule is C=CC(O)C(CCC)CC(=O)CC(CCC)C(O)C=C. The van der Waals surface area contributed by atoms with Gasteiger partial charge in [0, 0.05) is 12.8 Å². The zero-order valence-electron chi connectivity index (χ0n) is 12.9. The number of aliphatic hydroxyl groups is 2. The van der Waals surface area contributed by atoms with Crippen LogP contribution >= 0.6 is 0 Å². The molecule has 0 aromatic carbocycles. The summed E-state index contributed by atoms with van der Waals surface area (Å²) in [7, 11) is 0. The van der Waals surface area contributed by atoms with Gasteiger partial charge in [-0.1, -0.05) is 38.8 Å². The summed E-state index contributed by atoms with van der Waals surface area (Å²) in [5, 5.41) is 19.7. The lowest BCUT2D eigenvalue weighted by Crippen LogP contribution is -2.25. The number of carbonyl (C=O) groups is 1. The second-order valence-electron chi connectivity index (χ2n) is 5.50. The van der Waals surface area contributed by atoms with E-state index >= 15 is 0 Å². The lowest BCUT2D eigenvalue weighted by molar-refractivity contribution is -0.122. The van der Waals surface area contributed by atoms with E-state index < -0.39 is 12.2 Å². The van der Waals surface area contributed by atoms with Crippen molar-refractivity contribution in [3.05, 3.63) is 25.3 Å². The van der Waals surface area contributed by atoms with Crippen molar-refractivity contribution < 1.29 is 15.0 Å². The van der Waals surface area contributed by atoms with Gasteiger partial charge in [0.2, 0.25) is 0 Å². The van der Waals surface area contributed by atoms with E-state index in [-0.39, 0.29) is 17.6 Å². The van der Waals surface area contributed by atoms with E-state index in [9.17, 15) is 15.0 Å². The van der Waals surface area contributed by atoms with Gasteiger partial charge in [-0.05, 0) is 24.7 Å². The van der Waals surface area contributed by atoms with Crippen molar-refractivity contribution in [2.75, 3.05) is 0 Å². The molecule has 0 heterocycles. The molecule has 0 saturated heterocycles. The Morgan fingerprint density at radius 3 is 1.55 bits per heavy atom. The van der Waals surface area contributed by atoms with Crippen molar-refractivity contribution in [3.63, 3.8) is 0 Å². The minimum atomic E-state index is -0.632. The number of Topliss-reactive ketones (excluding diaryl/α,β-unsaturated/α-hetero) is 1. The molecule has 0 saturated carbocycles. The van der Waals surface area contributed by atoms with Gasteiger partial charge in [0.25, 0.3) is 0 Å². The molecule has 0 aliphatic carbocycles. The van der Waals surface area contributed by atoms with Crippen molar-refractivity contribution in [2.24, 2.45) is 11.8 Å². The zero-order chi connectivity index (χ0) is 15.5. The molecule has 0 radical (unpaired) electrons. The molecule has 0 aliphatic heterocycles. The second kappa shape index (κ2) is 10.8. The van der Waals surface area contributed by atoms with Crippen LogP contribution in [0, 0.1) is 11.8 Å². The lowest BCUT2D eigenvalue weighted by Gasteiger charge is -2.22. The van der Waals surface area contributed by atoms with Gasteiger partial charge in [0.1, 0.15) is 5.78 Å². The largest absolute Gasteiger partial charge is 0.389 e. The van der Waals surface area contributed by atoms with Crippen molar-refractivity contribution >= 4 is 5.78 Å². The standard InChI is InChI=1S/C17H30O3/c1-5-9-13(16(19)7-3)11-15(18)12-14(10-6-2)17(20)8-4/h7-8,13-14,16-17,19-20H,3-6,9-12H2,1-2H3. The average molecular weight is 282 g/mol. The van der Waals surface area contributed by atoms with E-state index in [1.54, 1.807) is 0 Å². The molecule has 0 fully saturated rings. The van der Waals surface area contributed by atoms with Crippen LogP contribution < -0.4 is 0 Å². The van der Waals surface area contributed by atoms with E-state index in [2.05, 4.69) is 13.2 Å². The molecule has 0 spiro atoms. The molecule has 0 rings (SSSR count). The Kier molecular flexibility index (Phi) is 10.3. The number of aliphatic hydroxyl groups excluding tert-OH is 2. The van der Waals surface area contributed by atoms with Crippen molar-refractivity contribution in [1.82, 2.24) is 0 Å². The fourth-order valence-corrected chi connectivity index (χ4v) is 2.58. The molecule has 3 heteroatoms. The quantitative estimate of drug-likeness (QED) is 0.540. The molecule has 116 valence electrons. The van der Waals surface area contributed by atoms with E-state index in [0.29, 0.717) is 12.8 Å². The fourth-order valence-electron chi connectivity index (χ4n) is 2.58. The first-order valence-electron chi connectivity index (χ1n) is 7.62. The van der Waals surface area contributed by atoms with Gasteiger partial charge in [-0.2, -0.15) is 0 Å². The van der Waals surface area contributed by atoms with Crippen LogP contribution in [0.3, 0.4) is 0 Å². The van der Waals surface area contributed by atoms with Crippen LogP contribution in [0.5, 0.6) is 0 Å². The van der Waals surface area contributed by atoms with Crippen molar-refractivity contribution in [3.8, 4) is 0 Å². The summed E-state index contributed by atoms with van der Waals surface area (Å²) in [6, 6.07) is 0. The number of rotatable bonds is 12. The number of hydrogen-bond acceptors (Lipinski definition) is 3. The summed E-state index contributed by atoms with van der Waals surface area (Å²) >= 11 is 0. The number of hydrogen-bond donors (Lipinski definition) is 2. The summed E-state index contributed by atoms with van der Waals surface area (Å²) in [6.07, 6.45) is 5.90. The topological polar surface area (TPSA) is 57.5 Å². The highest BCUT2D eigenvalue weighted by Gasteiger charge is 2.23. The van der Waals surface area contributed by atoms with Crippen LogP contribution in [0.1, 0.15) is 52.4 Å². The van der Waals surface area contributed by atoms with Gasteiger partial charge >= 0.3 is 0 Å². The van der Waals surface area contributed by atoms with E-state index in [0.717, 1.165) is 25.7 Å². The Morgan fingerprint density at radius 2 is 1.30 bits per heavy atom. The number of ketones is 1. The highest BCUT2D eigenvalue weighted by atomic mass is 16.3. The molecule has 3 nitrogen and oxygen atoms in total. The maximum absolute atomic E-state index is 12.2. The molecule has 4 unspecified atom stereocenters. The Hall–Kier alpha value is -0.930. The van der Waals surface area contributed by atoms with Crippen LogP contribution in [0.15, 0.2) is 25.3 Å². The van der Waals surface area contributed by atoms with Crippen LogP contribution in [0.2, 0.25) is 0 Å². The third-order valence-corrected chi connectivity index (χ3v) is 3.75. The van der Waals surface area contributed by atoms with E-state index in [1.165, 1.54) is 12.2 Å². The molecule has 4 atom stereocenters. The molecule has 0 aromatic heterocycles. The Bertz CT molecular complexity index is 271. The van der Waals surface area contributed by atoms with Crippen LogP contribution in [-0.2, 0) is 4.79 Å². The first-order chi connectivity index (χ1) is 9.49. The van der Waals surface area contributed by atoms with Crippen molar-refractivity contribution in [2.45, 2.75) is 64.6 Å². The maximum Gasteiger partial charge on any atom is 0.133 e. The normalized spacial score (nSPS) is 17.0. The molecule has 20 heavy (non-hydrogen) atoms. The smallest absolute Gasteiger partial charge is 0.133 e. The number of carbonyl (C=O) groups excluding carboxylic acids is 1.